The van der Waals surface area contributed by atoms with Crippen LogP contribution >= 0.6 is 0 Å². The predicted molar refractivity (Wildman–Crippen MR) is 72.7 cm³/mol. The molecule has 0 aliphatic rings. The number of benzene rings is 1. The molecular weight excluding hydrogens is 283 g/mol. The molecule has 1 N–H and O–H groups in total. The van der Waals surface area contributed by atoms with Gasteiger partial charge < -0.3 is 10.1 Å². The van der Waals surface area contributed by atoms with E-state index in [9.17, 15) is 13.2 Å². The standard InChI is InChI=1S/C14H14F3N3O/c1-3-21-12-11(14(15,16)17)8-18-13(20-12)19-10-6-4-5-9(2)7-10/h4-8H,3H2,1-2H3,(H,18,19,20). The summed E-state index contributed by atoms with van der Waals surface area (Å²) in [5.41, 5.74) is 0.716. The summed E-state index contributed by atoms with van der Waals surface area (Å²) in [6, 6.07) is 7.34. The van der Waals surface area contributed by atoms with E-state index in [1.807, 2.05) is 25.1 Å². The van der Waals surface area contributed by atoms with Crippen molar-refractivity contribution in [1.29, 1.82) is 0 Å². The number of halogens is 3. The molecule has 0 aliphatic heterocycles. The van der Waals surface area contributed by atoms with E-state index in [0.29, 0.717) is 5.69 Å². The average molecular weight is 297 g/mol. The Bertz CT molecular complexity index is 629. The fourth-order valence-corrected chi connectivity index (χ4v) is 1.72. The molecule has 0 fully saturated rings. The topological polar surface area (TPSA) is 47.0 Å². The molecule has 0 amide bonds. The summed E-state index contributed by atoms with van der Waals surface area (Å²) in [5, 5.41) is 2.85. The van der Waals surface area contributed by atoms with E-state index in [1.54, 1.807) is 13.0 Å². The minimum absolute atomic E-state index is 0.0528. The number of alkyl halides is 3. The van der Waals surface area contributed by atoms with Crippen LogP contribution in [0.3, 0.4) is 0 Å². The van der Waals surface area contributed by atoms with Crippen LogP contribution in [-0.4, -0.2) is 16.6 Å². The van der Waals surface area contributed by atoms with Crippen LogP contribution in [0.15, 0.2) is 30.5 Å². The van der Waals surface area contributed by atoms with Crippen LogP contribution in [0.4, 0.5) is 24.8 Å². The Kier molecular flexibility index (Phi) is 4.30. The van der Waals surface area contributed by atoms with E-state index >= 15 is 0 Å². The molecule has 0 saturated heterocycles. The zero-order chi connectivity index (χ0) is 15.5. The Labute approximate surface area is 120 Å². The van der Waals surface area contributed by atoms with E-state index in [2.05, 4.69) is 15.3 Å². The Morgan fingerprint density at radius 2 is 2.05 bits per heavy atom. The summed E-state index contributed by atoms with van der Waals surface area (Å²) < 4.78 is 43.4. The van der Waals surface area contributed by atoms with Gasteiger partial charge in [-0.05, 0) is 31.5 Å². The van der Waals surface area contributed by atoms with Crippen molar-refractivity contribution in [3.05, 3.63) is 41.6 Å². The third-order valence-electron chi connectivity index (χ3n) is 2.61. The Hall–Kier alpha value is -2.31. The molecule has 2 rings (SSSR count). The fraction of sp³-hybridized carbons (Fsp3) is 0.286. The maximum absolute atomic E-state index is 12.8. The molecule has 0 spiro atoms. The van der Waals surface area contributed by atoms with Crippen LogP contribution in [0, 0.1) is 6.92 Å². The van der Waals surface area contributed by atoms with E-state index in [4.69, 9.17) is 4.74 Å². The monoisotopic (exact) mass is 297 g/mol. The highest BCUT2D eigenvalue weighted by Gasteiger charge is 2.36. The fourth-order valence-electron chi connectivity index (χ4n) is 1.72. The third-order valence-corrected chi connectivity index (χ3v) is 2.61. The molecule has 112 valence electrons. The first-order chi connectivity index (χ1) is 9.90. The molecule has 1 aromatic heterocycles. The maximum Gasteiger partial charge on any atom is 0.423 e. The van der Waals surface area contributed by atoms with Gasteiger partial charge in [0.05, 0.1) is 6.61 Å². The van der Waals surface area contributed by atoms with Crippen LogP contribution in [0.1, 0.15) is 18.1 Å². The normalized spacial score (nSPS) is 11.3. The van der Waals surface area contributed by atoms with E-state index in [1.165, 1.54) is 0 Å². The molecule has 0 aliphatic carbocycles. The maximum atomic E-state index is 12.8. The second-order valence-electron chi connectivity index (χ2n) is 4.34. The van der Waals surface area contributed by atoms with Crippen molar-refractivity contribution in [3.8, 4) is 5.88 Å². The predicted octanol–water partition coefficient (Wildman–Crippen LogP) is 3.95. The summed E-state index contributed by atoms with van der Waals surface area (Å²) >= 11 is 0. The van der Waals surface area contributed by atoms with Crippen molar-refractivity contribution in [2.24, 2.45) is 0 Å². The molecule has 7 heteroatoms. The Morgan fingerprint density at radius 1 is 1.29 bits per heavy atom. The van der Waals surface area contributed by atoms with Gasteiger partial charge in [0.1, 0.15) is 5.56 Å². The van der Waals surface area contributed by atoms with Gasteiger partial charge in [-0.15, -0.1) is 0 Å². The van der Waals surface area contributed by atoms with Gasteiger partial charge >= 0.3 is 6.18 Å². The van der Waals surface area contributed by atoms with Crippen molar-refractivity contribution in [2.75, 3.05) is 11.9 Å². The van der Waals surface area contributed by atoms with Crippen molar-refractivity contribution >= 4 is 11.6 Å². The summed E-state index contributed by atoms with van der Waals surface area (Å²) in [6.45, 7) is 3.59. The summed E-state index contributed by atoms with van der Waals surface area (Å²) in [4.78, 5) is 7.48. The van der Waals surface area contributed by atoms with Crippen molar-refractivity contribution in [3.63, 3.8) is 0 Å². The van der Waals surface area contributed by atoms with Gasteiger partial charge in [0, 0.05) is 11.9 Å². The lowest BCUT2D eigenvalue weighted by atomic mass is 10.2. The number of aromatic nitrogens is 2. The lowest BCUT2D eigenvalue weighted by Gasteiger charge is -2.13. The smallest absolute Gasteiger partial charge is 0.423 e. The second kappa shape index (κ2) is 5.99. The van der Waals surface area contributed by atoms with Crippen molar-refractivity contribution in [1.82, 2.24) is 9.97 Å². The number of ether oxygens (including phenoxy) is 1. The van der Waals surface area contributed by atoms with E-state index in [-0.39, 0.29) is 12.6 Å². The number of anilines is 2. The van der Waals surface area contributed by atoms with Gasteiger partial charge in [-0.1, -0.05) is 12.1 Å². The molecule has 0 saturated carbocycles. The highest BCUT2D eigenvalue weighted by Crippen LogP contribution is 2.35. The van der Waals surface area contributed by atoms with Crippen LogP contribution in [0.25, 0.3) is 0 Å². The minimum atomic E-state index is -4.55. The second-order valence-corrected chi connectivity index (χ2v) is 4.34. The average Bonchev–Trinajstić information content (AvgIpc) is 2.38. The molecule has 2 aromatic rings. The first kappa shape index (κ1) is 15.1. The Balaban J connectivity index is 2.31. The molecule has 4 nitrogen and oxygen atoms in total. The highest BCUT2D eigenvalue weighted by atomic mass is 19.4. The molecule has 0 unspecified atom stereocenters. The van der Waals surface area contributed by atoms with Gasteiger partial charge in [0.2, 0.25) is 11.8 Å². The van der Waals surface area contributed by atoms with Gasteiger partial charge in [-0.3, -0.25) is 0 Å². The molecular formula is C14H14F3N3O. The molecule has 0 atom stereocenters. The first-order valence-corrected chi connectivity index (χ1v) is 6.31. The van der Waals surface area contributed by atoms with E-state index < -0.39 is 17.6 Å². The zero-order valence-corrected chi connectivity index (χ0v) is 11.5. The molecule has 1 aromatic carbocycles. The number of aryl methyl sites for hydroxylation is 1. The van der Waals surface area contributed by atoms with Crippen LogP contribution in [0.2, 0.25) is 0 Å². The largest absolute Gasteiger partial charge is 0.477 e. The van der Waals surface area contributed by atoms with E-state index in [0.717, 1.165) is 11.8 Å². The molecule has 0 bridgehead atoms. The molecule has 0 radical (unpaired) electrons. The van der Waals surface area contributed by atoms with Crippen molar-refractivity contribution in [2.45, 2.75) is 20.0 Å². The molecule has 21 heavy (non-hydrogen) atoms. The van der Waals surface area contributed by atoms with Gasteiger partial charge in [-0.25, -0.2) is 4.98 Å². The van der Waals surface area contributed by atoms with Crippen molar-refractivity contribution < 1.29 is 17.9 Å². The quantitative estimate of drug-likeness (QED) is 0.928. The van der Waals surface area contributed by atoms with Crippen LogP contribution in [-0.2, 0) is 6.18 Å². The van der Waals surface area contributed by atoms with Crippen LogP contribution < -0.4 is 10.1 Å². The minimum Gasteiger partial charge on any atom is -0.477 e. The number of hydrogen-bond donors (Lipinski definition) is 1. The number of nitrogens with one attached hydrogen (secondary N) is 1. The molecule has 1 heterocycles. The van der Waals surface area contributed by atoms with Gasteiger partial charge in [-0.2, -0.15) is 18.2 Å². The lowest BCUT2D eigenvalue weighted by molar-refractivity contribution is -0.139. The van der Waals surface area contributed by atoms with Crippen LogP contribution in [0.5, 0.6) is 5.88 Å². The van der Waals surface area contributed by atoms with Gasteiger partial charge in [0.15, 0.2) is 0 Å². The number of nitrogens with zero attached hydrogens (tertiary/aromatic N) is 2. The zero-order valence-electron chi connectivity index (χ0n) is 11.5. The summed E-state index contributed by atoms with van der Waals surface area (Å²) in [7, 11) is 0. The summed E-state index contributed by atoms with van der Waals surface area (Å²) in [5.74, 6) is -0.424. The highest BCUT2D eigenvalue weighted by molar-refractivity contribution is 5.54. The summed E-state index contributed by atoms with van der Waals surface area (Å²) in [6.07, 6.45) is -3.83. The van der Waals surface area contributed by atoms with Gasteiger partial charge in [0.25, 0.3) is 0 Å². The SMILES string of the molecule is CCOc1nc(Nc2cccc(C)c2)ncc1C(F)(F)F. The number of hydrogen-bond acceptors (Lipinski definition) is 4. The Morgan fingerprint density at radius 3 is 2.67 bits per heavy atom. The number of rotatable bonds is 4. The first-order valence-electron chi connectivity index (χ1n) is 6.31. The third kappa shape index (κ3) is 3.84. The lowest BCUT2D eigenvalue weighted by Crippen LogP contribution is -2.12.